The summed E-state index contributed by atoms with van der Waals surface area (Å²) in [6, 6.07) is 4.15. The third-order valence-corrected chi connectivity index (χ3v) is 3.58. The van der Waals surface area contributed by atoms with E-state index >= 15 is 0 Å². The van der Waals surface area contributed by atoms with Gasteiger partial charge in [-0.15, -0.1) is 0 Å². The maximum Gasteiger partial charge on any atom is 0.0368 e. The number of nitrogens with one attached hydrogen (secondary N) is 1. The van der Waals surface area contributed by atoms with Gasteiger partial charge in [0.25, 0.3) is 0 Å². The van der Waals surface area contributed by atoms with E-state index in [9.17, 15) is 0 Å². The average Bonchev–Trinajstić information content (AvgIpc) is 2.62. The van der Waals surface area contributed by atoms with Gasteiger partial charge >= 0.3 is 0 Å². The number of hydrogen-bond donors (Lipinski definition) is 1. The number of hydrogen-bond acceptors (Lipinski definition) is 1. The topological polar surface area (TPSA) is 19.0 Å². The first-order valence-corrected chi connectivity index (χ1v) is 6.08. The maximum atomic E-state index is 3.39. The Labute approximate surface area is 92.7 Å². The molecule has 1 aromatic heterocycles. The molecule has 1 aromatic rings. The van der Waals surface area contributed by atoms with Gasteiger partial charge in [-0.1, -0.05) is 6.92 Å². The Balaban J connectivity index is 2.36. The predicted octanol–water partition coefficient (Wildman–Crippen LogP) is 3.12. The minimum atomic E-state index is 0.606. The summed E-state index contributed by atoms with van der Waals surface area (Å²) < 4.78 is 0. The van der Waals surface area contributed by atoms with Crippen molar-refractivity contribution in [2.45, 2.75) is 58.7 Å². The van der Waals surface area contributed by atoms with E-state index in [1.54, 1.807) is 0 Å². The molecule has 1 N–H and O–H groups in total. The minimum absolute atomic E-state index is 0.606. The monoisotopic (exact) mass is 206 g/mol. The third kappa shape index (κ3) is 1.71. The molecular formula is C13H22N2. The highest BCUT2D eigenvalue weighted by Crippen LogP contribution is 2.35. The molecule has 15 heavy (non-hydrogen) atoms. The van der Waals surface area contributed by atoms with Crippen LogP contribution in [0.4, 0.5) is 0 Å². The van der Waals surface area contributed by atoms with Crippen LogP contribution in [-0.2, 0) is 6.42 Å². The summed E-state index contributed by atoms with van der Waals surface area (Å²) in [6.45, 7) is 9.23. The predicted molar refractivity (Wildman–Crippen MR) is 64.0 cm³/mol. The minimum Gasteiger partial charge on any atom is -0.365 e. The summed E-state index contributed by atoms with van der Waals surface area (Å²) in [7, 11) is 0. The SMILES string of the molecule is CC[C@H]1c2cc[nH]c2C[C@H](C)N1C(C)C. The van der Waals surface area contributed by atoms with Gasteiger partial charge in [0.15, 0.2) is 0 Å². The largest absolute Gasteiger partial charge is 0.365 e. The van der Waals surface area contributed by atoms with Crippen molar-refractivity contribution in [3.8, 4) is 0 Å². The quantitative estimate of drug-likeness (QED) is 0.787. The van der Waals surface area contributed by atoms with Crippen LogP contribution < -0.4 is 0 Å². The third-order valence-electron chi connectivity index (χ3n) is 3.58. The van der Waals surface area contributed by atoms with Crippen LogP contribution in [0.15, 0.2) is 12.3 Å². The number of nitrogens with zero attached hydrogens (tertiary/aromatic N) is 1. The summed E-state index contributed by atoms with van der Waals surface area (Å²) in [5.41, 5.74) is 2.97. The van der Waals surface area contributed by atoms with Gasteiger partial charge in [-0.2, -0.15) is 0 Å². The van der Waals surface area contributed by atoms with Crippen molar-refractivity contribution < 1.29 is 0 Å². The highest BCUT2D eigenvalue weighted by atomic mass is 15.2. The molecule has 0 aliphatic carbocycles. The Hall–Kier alpha value is -0.760. The molecule has 0 unspecified atom stereocenters. The molecule has 2 rings (SSSR count). The van der Waals surface area contributed by atoms with Crippen molar-refractivity contribution in [2.75, 3.05) is 0 Å². The number of aromatic nitrogens is 1. The van der Waals surface area contributed by atoms with Gasteiger partial charge in [0.05, 0.1) is 0 Å². The van der Waals surface area contributed by atoms with Crippen molar-refractivity contribution in [3.05, 3.63) is 23.5 Å². The maximum absolute atomic E-state index is 3.39. The molecule has 84 valence electrons. The van der Waals surface area contributed by atoms with Crippen molar-refractivity contribution >= 4 is 0 Å². The van der Waals surface area contributed by atoms with Crippen molar-refractivity contribution in [1.29, 1.82) is 0 Å². The zero-order valence-electron chi connectivity index (χ0n) is 10.2. The summed E-state index contributed by atoms with van der Waals surface area (Å²) in [5.74, 6) is 0. The standard InChI is InChI=1S/C13H22N2/c1-5-13-11-6-7-14-12(11)8-10(4)15(13)9(2)3/h6-7,9-10,13-14H,5,8H2,1-4H3/t10-,13-/m0/s1. The van der Waals surface area contributed by atoms with Gasteiger partial charge in [0, 0.05) is 36.4 Å². The van der Waals surface area contributed by atoms with Crippen molar-refractivity contribution in [2.24, 2.45) is 0 Å². The number of fused-ring (bicyclic) bond motifs is 1. The first-order valence-electron chi connectivity index (χ1n) is 6.08. The highest BCUT2D eigenvalue weighted by Gasteiger charge is 2.32. The summed E-state index contributed by atoms with van der Waals surface area (Å²) >= 11 is 0. The fourth-order valence-electron chi connectivity index (χ4n) is 3.07. The molecule has 0 bridgehead atoms. The van der Waals surface area contributed by atoms with Crippen LogP contribution >= 0.6 is 0 Å². The van der Waals surface area contributed by atoms with E-state index in [4.69, 9.17) is 0 Å². The Kier molecular flexibility index (Phi) is 2.87. The lowest BCUT2D eigenvalue weighted by molar-refractivity contribution is 0.0863. The number of H-pyrrole nitrogens is 1. The molecule has 0 radical (unpaired) electrons. The van der Waals surface area contributed by atoms with Crippen LogP contribution in [0.1, 0.15) is 51.4 Å². The lowest BCUT2D eigenvalue weighted by Crippen LogP contribution is -2.45. The second-order valence-electron chi connectivity index (χ2n) is 4.93. The molecular weight excluding hydrogens is 184 g/mol. The van der Waals surface area contributed by atoms with Gasteiger partial charge in [0.1, 0.15) is 0 Å². The summed E-state index contributed by atoms with van der Waals surface area (Å²) in [4.78, 5) is 6.03. The second kappa shape index (κ2) is 4.01. The molecule has 2 nitrogen and oxygen atoms in total. The normalized spacial score (nSPS) is 27.0. The van der Waals surface area contributed by atoms with Gasteiger partial charge in [-0.25, -0.2) is 0 Å². The van der Waals surface area contributed by atoms with E-state index in [2.05, 4.69) is 49.8 Å². The Morgan fingerprint density at radius 3 is 2.87 bits per heavy atom. The zero-order valence-corrected chi connectivity index (χ0v) is 10.2. The van der Waals surface area contributed by atoms with E-state index in [-0.39, 0.29) is 0 Å². The van der Waals surface area contributed by atoms with Crippen LogP contribution in [0.5, 0.6) is 0 Å². The fourth-order valence-corrected chi connectivity index (χ4v) is 3.07. The van der Waals surface area contributed by atoms with Crippen molar-refractivity contribution in [3.63, 3.8) is 0 Å². The Bertz CT molecular complexity index is 327. The number of rotatable bonds is 2. The molecule has 0 saturated heterocycles. The van der Waals surface area contributed by atoms with E-state index < -0.39 is 0 Å². The van der Waals surface area contributed by atoms with Crippen LogP contribution in [0.25, 0.3) is 0 Å². The van der Waals surface area contributed by atoms with E-state index in [0.717, 1.165) is 6.42 Å². The molecule has 0 spiro atoms. The molecule has 1 aliphatic rings. The van der Waals surface area contributed by atoms with Gasteiger partial charge in [0.2, 0.25) is 0 Å². The Morgan fingerprint density at radius 1 is 1.53 bits per heavy atom. The molecule has 2 heteroatoms. The van der Waals surface area contributed by atoms with Crippen LogP contribution in [0.2, 0.25) is 0 Å². The van der Waals surface area contributed by atoms with E-state index in [1.807, 2.05) is 0 Å². The second-order valence-corrected chi connectivity index (χ2v) is 4.93. The first-order chi connectivity index (χ1) is 7.15. The zero-order chi connectivity index (χ0) is 11.0. The number of aromatic amines is 1. The molecule has 0 aromatic carbocycles. The molecule has 1 aliphatic heterocycles. The van der Waals surface area contributed by atoms with Gasteiger partial charge in [-0.3, -0.25) is 4.90 Å². The first kappa shape index (κ1) is 10.7. The highest BCUT2D eigenvalue weighted by molar-refractivity contribution is 5.28. The van der Waals surface area contributed by atoms with Gasteiger partial charge < -0.3 is 4.98 Å². The lowest BCUT2D eigenvalue weighted by Gasteiger charge is -2.43. The molecule has 2 atom stereocenters. The molecule has 0 fully saturated rings. The summed E-state index contributed by atoms with van der Waals surface area (Å²) in [5, 5.41) is 0. The molecule has 0 saturated carbocycles. The average molecular weight is 206 g/mol. The van der Waals surface area contributed by atoms with Crippen molar-refractivity contribution in [1.82, 2.24) is 9.88 Å². The van der Waals surface area contributed by atoms with Crippen LogP contribution in [0, 0.1) is 0 Å². The van der Waals surface area contributed by atoms with Crippen LogP contribution in [-0.4, -0.2) is 22.0 Å². The smallest absolute Gasteiger partial charge is 0.0368 e. The molecule has 2 heterocycles. The van der Waals surface area contributed by atoms with E-state index in [0.29, 0.717) is 18.1 Å². The summed E-state index contributed by atoms with van der Waals surface area (Å²) in [6.07, 6.45) is 4.45. The Morgan fingerprint density at radius 2 is 2.27 bits per heavy atom. The molecule has 0 amide bonds. The van der Waals surface area contributed by atoms with E-state index in [1.165, 1.54) is 17.7 Å². The van der Waals surface area contributed by atoms with Crippen LogP contribution in [0.3, 0.4) is 0 Å². The lowest BCUT2D eigenvalue weighted by atomic mass is 9.91. The van der Waals surface area contributed by atoms with Gasteiger partial charge in [-0.05, 0) is 38.8 Å². The fraction of sp³-hybridized carbons (Fsp3) is 0.692.